The van der Waals surface area contributed by atoms with E-state index in [0.717, 1.165) is 6.07 Å². The zero-order chi connectivity index (χ0) is 14.8. The number of Topliss-reactive ketones (excluding diaryl/α,β-unsaturated/α-hetero) is 1. The van der Waals surface area contributed by atoms with Crippen LogP contribution in [-0.4, -0.2) is 30.9 Å². The first-order valence-electron chi connectivity index (χ1n) is 6.15. The third kappa shape index (κ3) is 3.49. The maximum absolute atomic E-state index is 12.3. The highest BCUT2D eigenvalue weighted by Crippen LogP contribution is 2.30. The van der Waals surface area contributed by atoms with Gasteiger partial charge in [-0.2, -0.15) is 0 Å². The average Bonchev–Trinajstić information content (AvgIpc) is 2.85. The van der Waals surface area contributed by atoms with Crippen LogP contribution in [0.2, 0.25) is 0 Å². The Hall–Kier alpha value is -1.60. The quantitative estimate of drug-likeness (QED) is 0.864. The smallest absolute Gasteiger partial charge is 0.405 e. The topological polar surface area (TPSA) is 61.6 Å². The zero-order valence-corrected chi connectivity index (χ0v) is 10.5. The molecule has 1 aromatic rings. The Morgan fingerprint density at radius 3 is 2.65 bits per heavy atom. The van der Waals surface area contributed by atoms with Gasteiger partial charge in [-0.15, -0.1) is 13.2 Å². The summed E-state index contributed by atoms with van der Waals surface area (Å²) < 4.78 is 46.2. The van der Waals surface area contributed by atoms with Gasteiger partial charge in [0.1, 0.15) is 11.9 Å². The fraction of sp³-hybridized carbons (Fsp3) is 0.462. The van der Waals surface area contributed by atoms with Crippen molar-refractivity contribution in [1.29, 1.82) is 0 Å². The molecule has 110 valence electrons. The standard InChI is InChI=1S/C13H14F3NO3/c14-13(15,16)20-10-4-2-1-3-9(10)12(18)11-6-5-8(7-17)19-11/h1-4,8,11H,5-7,17H2. The molecule has 2 rings (SSSR count). The summed E-state index contributed by atoms with van der Waals surface area (Å²) in [7, 11) is 0. The first-order valence-corrected chi connectivity index (χ1v) is 6.15. The molecule has 0 amide bonds. The van der Waals surface area contributed by atoms with Crippen molar-refractivity contribution >= 4 is 5.78 Å². The van der Waals surface area contributed by atoms with Gasteiger partial charge in [0.2, 0.25) is 0 Å². The van der Waals surface area contributed by atoms with Crippen molar-refractivity contribution in [3.63, 3.8) is 0 Å². The first kappa shape index (κ1) is 14.8. The van der Waals surface area contributed by atoms with E-state index >= 15 is 0 Å². The molecule has 2 unspecified atom stereocenters. The number of hydrogen-bond donors (Lipinski definition) is 1. The minimum absolute atomic E-state index is 0.132. The van der Waals surface area contributed by atoms with Crippen LogP contribution in [0.4, 0.5) is 13.2 Å². The summed E-state index contributed by atoms with van der Waals surface area (Å²) in [5.74, 6) is -1.02. The molecular formula is C13H14F3NO3. The third-order valence-electron chi connectivity index (χ3n) is 3.04. The summed E-state index contributed by atoms with van der Waals surface area (Å²) in [5, 5.41) is 0. The van der Waals surface area contributed by atoms with Crippen molar-refractivity contribution in [3.05, 3.63) is 29.8 Å². The Labute approximate surface area is 113 Å². The fourth-order valence-electron chi connectivity index (χ4n) is 2.13. The molecule has 1 aliphatic rings. The number of halogens is 3. The van der Waals surface area contributed by atoms with Crippen molar-refractivity contribution in [2.45, 2.75) is 31.4 Å². The highest BCUT2D eigenvalue weighted by Gasteiger charge is 2.35. The molecule has 0 radical (unpaired) electrons. The van der Waals surface area contributed by atoms with Crippen molar-refractivity contribution in [1.82, 2.24) is 0 Å². The van der Waals surface area contributed by atoms with Crippen LogP contribution in [0.3, 0.4) is 0 Å². The zero-order valence-electron chi connectivity index (χ0n) is 10.5. The van der Waals surface area contributed by atoms with Crippen LogP contribution in [-0.2, 0) is 4.74 Å². The monoisotopic (exact) mass is 289 g/mol. The summed E-state index contributed by atoms with van der Waals surface area (Å²) >= 11 is 0. The maximum Gasteiger partial charge on any atom is 0.573 e. The van der Waals surface area contributed by atoms with Gasteiger partial charge in [-0.3, -0.25) is 4.79 Å². The van der Waals surface area contributed by atoms with Crippen molar-refractivity contribution in [2.75, 3.05) is 6.54 Å². The number of rotatable bonds is 4. The predicted molar refractivity (Wildman–Crippen MR) is 64.4 cm³/mol. The molecule has 2 N–H and O–H groups in total. The summed E-state index contributed by atoms with van der Waals surface area (Å²) in [6.45, 7) is 0.282. The number of hydrogen-bond acceptors (Lipinski definition) is 4. The van der Waals surface area contributed by atoms with E-state index in [2.05, 4.69) is 4.74 Å². The molecule has 1 aliphatic heterocycles. The third-order valence-corrected chi connectivity index (χ3v) is 3.04. The van der Waals surface area contributed by atoms with Gasteiger partial charge in [0, 0.05) is 6.54 Å². The maximum atomic E-state index is 12.3. The van der Waals surface area contributed by atoms with Crippen molar-refractivity contribution < 1.29 is 27.4 Å². The molecule has 1 fully saturated rings. The molecule has 0 aromatic heterocycles. The average molecular weight is 289 g/mol. The van der Waals surface area contributed by atoms with Crippen molar-refractivity contribution in [3.8, 4) is 5.75 Å². The Bertz CT molecular complexity index is 490. The van der Waals surface area contributed by atoms with E-state index < -0.39 is 24.0 Å². The second-order valence-corrected chi connectivity index (χ2v) is 4.47. The molecule has 0 spiro atoms. The lowest BCUT2D eigenvalue weighted by Gasteiger charge is -2.15. The van der Waals surface area contributed by atoms with E-state index in [9.17, 15) is 18.0 Å². The van der Waals surface area contributed by atoms with Crippen LogP contribution in [0.25, 0.3) is 0 Å². The molecule has 0 bridgehead atoms. The Morgan fingerprint density at radius 1 is 1.35 bits per heavy atom. The SMILES string of the molecule is NCC1CCC(C(=O)c2ccccc2OC(F)(F)F)O1. The number of carbonyl (C=O) groups is 1. The molecule has 1 aromatic carbocycles. The molecule has 0 aliphatic carbocycles. The second kappa shape index (κ2) is 5.80. The van der Waals surface area contributed by atoms with Gasteiger partial charge < -0.3 is 15.2 Å². The number of nitrogens with two attached hydrogens (primary N) is 1. The van der Waals surface area contributed by atoms with Crippen LogP contribution >= 0.6 is 0 Å². The summed E-state index contributed by atoms with van der Waals surface area (Å²) in [4.78, 5) is 12.2. The minimum Gasteiger partial charge on any atom is -0.405 e. The number of benzene rings is 1. The summed E-state index contributed by atoms with van der Waals surface area (Å²) in [5.41, 5.74) is 5.31. The van der Waals surface area contributed by atoms with Crippen LogP contribution < -0.4 is 10.5 Å². The Morgan fingerprint density at radius 2 is 2.05 bits per heavy atom. The Balaban J connectivity index is 2.18. The van der Waals surface area contributed by atoms with Crippen LogP contribution in [0.1, 0.15) is 23.2 Å². The molecule has 0 saturated carbocycles. The number of alkyl halides is 3. The minimum atomic E-state index is -4.84. The van der Waals surface area contributed by atoms with E-state index in [0.29, 0.717) is 12.8 Å². The molecule has 4 nitrogen and oxygen atoms in total. The molecular weight excluding hydrogens is 275 g/mol. The van der Waals surface area contributed by atoms with Crippen molar-refractivity contribution in [2.24, 2.45) is 5.73 Å². The Kier molecular flexibility index (Phi) is 4.29. The number of carbonyl (C=O) groups excluding carboxylic acids is 1. The van der Waals surface area contributed by atoms with Crippen LogP contribution in [0.15, 0.2) is 24.3 Å². The predicted octanol–water partition coefficient (Wildman–Crippen LogP) is 2.27. The number of ketones is 1. The van der Waals surface area contributed by atoms with Gasteiger partial charge in [0.15, 0.2) is 5.78 Å². The highest BCUT2D eigenvalue weighted by molar-refractivity contribution is 6.02. The van der Waals surface area contributed by atoms with Crippen LogP contribution in [0.5, 0.6) is 5.75 Å². The summed E-state index contributed by atoms with van der Waals surface area (Å²) in [6.07, 6.45) is -4.76. The molecule has 7 heteroatoms. The van der Waals surface area contributed by atoms with E-state index in [1.807, 2.05) is 0 Å². The van der Waals surface area contributed by atoms with Gasteiger partial charge in [-0.1, -0.05) is 12.1 Å². The van der Waals surface area contributed by atoms with Crippen LogP contribution in [0, 0.1) is 0 Å². The summed E-state index contributed by atoms with van der Waals surface area (Å²) in [6, 6.07) is 5.25. The van der Waals surface area contributed by atoms with Gasteiger partial charge in [-0.05, 0) is 25.0 Å². The highest BCUT2D eigenvalue weighted by atomic mass is 19.4. The van der Waals surface area contributed by atoms with E-state index in [4.69, 9.17) is 10.5 Å². The number of ether oxygens (including phenoxy) is 2. The molecule has 1 heterocycles. The fourth-order valence-corrected chi connectivity index (χ4v) is 2.13. The van der Waals surface area contributed by atoms with Gasteiger partial charge in [0.05, 0.1) is 11.7 Å². The largest absolute Gasteiger partial charge is 0.573 e. The number of para-hydroxylation sites is 1. The normalized spacial score (nSPS) is 22.8. The van der Waals surface area contributed by atoms with Gasteiger partial charge >= 0.3 is 6.36 Å². The second-order valence-electron chi connectivity index (χ2n) is 4.47. The first-order chi connectivity index (χ1) is 9.40. The lowest BCUT2D eigenvalue weighted by Crippen LogP contribution is -2.26. The molecule has 2 atom stereocenters. The van der Waals surface area contributed by atoms with Gasteiger partial charge in [-0.25, -0.2) is 0 Å². The van der Waals surface area contributed by atoms with E-state index in [-0.39, 0.29) is 18.2 Å². The van der Waals surface area contributed by atoms with Gasteiger partial charge in [0.25, 0.3) is 0 Å². The lowest BCUT2D eigenvalue weighted by atomic mass is 10.0. The van der Waals surface area contributed by atoms with E-state index in [1.54, 1.807) is 0 Å². The van der Waals surface area contributed by atoms with E-state index in [1.165, 1.54) is 18.2 Å². The lowest BCUT2D eigenvalue weighted by molar-refractivity contribution is -0.274. The molecule has 20 heavy (non-hydrogen) atoms. The molecule has 1 saturated heterocycles.